The number of carbonyl (C=O) groups excluding carboxylic acids is 2. The third-order valence-corrected chi connectivity index (χ3v) is 8.65. The Balaban J connectivity index is 1.45. The number of morpholine rings is 1. The van der Waals surface area contributed by atoms with Gasteiger partial charge in [0.1, 0.15) is 11.4 Å². The molecule has 12 heteroatoms. The molecule has 0 atom stereocenters. The smallest absolute Gasteiger partial charge is 0.269 e. The van der Waals surface area contributed by atoms with Gasteiger partial charge in [-0.05, 0) is 36.4 Å². The number of nitrogens with one attached hydrogen (secondary N) is 1. The molecule has 2 aliphatic rings. The molecule has 0 aliphatic carbocycles. The van der Waals surface area contributed by atoms with Crippen molar-refractivity contribution >= 4 is 37.5 Å². The Morgan fingerprint density at radius 1 is 1.03 bits per heavy atom. The first-order valence-corrected chi connectivity index (χ1v) is 12.2. The minimum Gasteiger partial charge on any atom is -0.379 e. The van der Waals surface area contributed by atoms with Gasteiger partial charge in [-0.15, -0.1) is 0 Å². The maximum atomic E-state index is 12.6. The van der Waals surface area contributed by atoms with Gasteiger partial charge in [0.2, 0.25) is 15.9 Å². The molecule has 2 aliphatic heterocycles. The van der Waals surface area contributed by atoms with Crippen molar-refractivity contribution < 1.29 is 31.2 Å². The number of hydrogen-bond acceptors (Lipinski definition) is 7. The van der Waals surface area contributed by atoms with Crippen LogP contribution in [-0.2, 0) is 29.6 Å². The van der Waals surface area contributed by atoms with Gasteiger partial charge in [-0.2, -0.15) is 4.31 Å². The summed E-state index contributed by atoms with van der Waals surface area (Å²) in [5.74, 6) is -1.49. The van der Waals surface area contributed by atoms with Gasteiger partial charge in [0, 0.05) is 18.8 Å². The molecule has 0 radical (unpaired) electrons. The van der Waals surface area contributed by atoms with E-state index in [1.807, 2.05) is 0 Å². The van der Waals surface area contributed by atoms with Crippen molar-refractivity contribution in [2.24, 2.45) is 0 Å². The highest BCUT2D eigenvalue weighted by atomic mass is 32.2. The average molecular weight is 466 g/mol. The number of benzene rings is 2. The lowest BCUT2D eigenvalue weighted by molar-refractivity contribution is -0.116. The van der Waals surface area contributed by atoms with Crippen LogP contribution in [0.3, 0.4) is 0 Å². The zero-order chi connectivity index (χ0) is 22.2. The van der Waals surface area contributed by atoms with Crippen molar-refractivity contribution in [1.29, 1.82) is 0 Å². The first-order chi connectivity index (χ1) is 14.7. The SMILES string of the molecule is O=C(CN1C(=O)c2ccccc2S1(=O)=O)Nc1ccc(S(=O)(=O)N2CCOCC2)cc1. The molecule has 2 heterocycles. The predicted octanol–water partition coefficient (Wildman–Crippen LogP) is 0.491. The summed E-state index contributed by atoms with van der Waals surface area (Å²) >= 11 is 0. The number of carbonyl (C=O) groups is 2. The maximum Gasteiger partial charge on any atom is 0.269 e. The van der Waals surface area contributed by atoms with Crippen LogP contribution in [0.5, 0.6) is 0 Å². The molecule has 0 bridgehead atoms. The van der Waals surface area contributed by atoms with E-state index in [0.29, 0.717) is 17.5 Å². The Morgan fingerprint density at radius 2 is 1.68 bits per heavy atom. The fraction of sp³-hybridized carbons (Fsp3) is 0.263. The van der Waals surface area contributed by atoms with E-state index >= 15 is 0 Å². The highest BCUT2D eigenvalue weighted by Gasteiger charge is 2.41. The lowest BCUT2D eigenvalue weighted by Gasteiger charge is -2.26. The Labute approximate surface area is 179 Å². The largest absolute Gasteiger partial charge is 0.379 e. The third-order valence-electron chi connectivity index (χ3n) is 4.95. The van der Waals surface area contributed by atoms with Crippen LogP contribution in [0.1, 0.15) is 10.4 Å². The Morgan fingerprint density at radius 3 is 2.32 bits per heavy atom. The molecule has 164 valence electrons. The van der Waals surface area contributed by atoms with Gasteiger partial charge in [-0.25, -0.2) is 21.1 Å². The van der Waals surface area contributed by atoms with Crippen LogP contribution in [0.2, 0.25) is 0 Å². The summed E-state index contributed by atoms with van der Waals surface area (Å²) in [6.07, 6.45) is 0. The zero-order valence-electron chi connectivity index (χ0n) is 16.2. The van der Waals surface area contributed by atoms with Crippen LogP contribution >= 0.6 is 0 Å². The van der Waals surface area contributed by atoms with E-state index in [-0.39, 0.29) is 34.1 Å². The second kappa shape index (κ2) is 8.04. The Hall–Kier alpha value is -2.80. The van der Waals surface area contributed by atoms with Crippen molar-refractivity contribution in [3.8, 4) is 0 Å². The summed E-state index contributed by atoms with van der Waals surface area (Å²) in [7, 11) is -7.76. The van der Waals surface area contributed by atoms with E-state index < -0.39 is 38.4 Å². The minimum atomic E-state index is -4.09. The minimum absolute atomic E-state index is 0.0213. The molecule has 2 aromatic carbocycles. The highest BCUT2D eigenvalue weighted by molar-refractivity contribution is 7.90. The quantitative estimate of drug-likeness (QED) is 0.680. The lowest BCUT2D eigenvalue weighted by Crippen LogP contribution is -2.40. The third kappa shape index (κ3) is 3.94. The number of rotatable bonds is 5. The van der Waals surface area contributed by atoms with Crippen molar-refractivity contribution in [3.63, 3.8) is 0 Å². The topological polar surface area (TPSA) is 130 Å². The summed E-state index contributed by atoms with van der Waals surface area (Å²) < 4.78 is 57.4. The number of amides is 2. The van der Waals surface area contributed by atoms with Crippen molar-refractivity contribution in [3.05, 3.63) is 54.1 Å². The van der Waals surface area contributed by atoms with Gasteiger partial charge in [-0.1, -0.05) is 12.1 Å². The van der Waals surface area contributed by atoms with Gasteiger partial charge in [0.15, 0.2) is 0 Å². The molecule has 2 aromatic rings. The normalized spacial score (nSPS) is 18.6. The van der Waals surface area contributed by atoms with Crippen LogP contribution in [-0.4, -0.2) is 70.1 Å². The van der Waals surface area contributed by atoms with Gasteiger partial charge in [0.25, 0.3) is 15.9 Å². The van der Waals surface area contributed by atoms with E-state index in [1.54, 1.807) is 6.07 Å². The molecule has 1 N–H and O–H groups in total. The van der Waals surface area contributed by atoms with Crippen LogP contribution in [0.25, 0.3) is 0 Å². The van der Waals surface area contributed by atoms with Gasteiger partial charge in [-0.3, -0.25) is 9.59 Å². The van der Waals surface area contributed by atoms with Gasteiger partial charge >= 0.3 is 0 Å². The number of ether oxygens (including phenoxy) is 1. The number of sulfonamides is 2. The first kappa shape index (κ1) is 21.4. The molecule has 0 saturated carbocycles. The summed E-state index contributed by atoms with van der Waals surface area (Å²) in [5.41, 5.74) is 0.292. The summed E-state index contributed by atoms with van der Waals surface area (Å²) in [4.78, 5) is 24.7. The molecule has 31 heavy (non-hydrogen) atoms. The number of nitrogens with zero attached hydrogens (tertiary/aromatic N) is 2. The molecule has 0 spiro atoms. The monoisotopic (exact) mass is 465 g/mol. The molecule has 0 unspecified atom stereocenters. The number of anilines is 1. The Bertz CT molecular complexity index is 1240. The molecule has 2 amide bonds. The predicted molar refractivity (Wildman–Crippen MR) is 109 cm³/mol. The number of hydrogen-bond donors (Lipinski definition) is 1. The summed E-state index contributed by atoms with van der Waals surface area (Å²) in [5, 5.41) is 2.49. The van der Waals surface area contributed by atoms with Crippen molar-refractivity contribution in [1.82, 2.24) is 8.61 Å². The molecular weight excluding hydrogens is 446 g/mol. The molecule has 0 aromatic heterocycles. The molecule has 10 nitrogen and oxygen atoms in total. The standard InChI is InChI=1S/C19H19N3O7S2/c23-18(13-22-19(24)16-3-1-2-4-17(16)31(22,27)28)20-14-5-7-15(8-6-14)30(25,26)21-9-11-29-12-10-21/h1-8H,9-13H2,(H,20,23). The van der Waals surface area contributed by atoms with E-state index in [4.69, 9.17) is 4.74 Å². The van der Waals surface area contributed by atoms with Crippen molar-refractivity contribution in [2.45, 2.75) is 9.79 Å². The van der Waals surface area contributed by atoms with Gasteiger partial charge in [0.05, 0.1) is 23.7 Å². The van der Waals surface area contributed by atoms with Gasteiger partial charge < -0.3 is 10.1 Å². The average Bonchev–Trinajstić information content (AvgIpc) is 2.96. The summed E-state index contributed by atoms with van der Waals surface area (Å²) in [6, 6.07) is 11.3. The highest BCUT2D eigenvalue weighted by Crippen LogP contribution is 2.29. The number of fused-ring (bicyclic) bond motifs is 1. The molecule has 1 fully saturated rings. The second-order valence-electron chi connectivity index (χ2n) is 6.90. The fourth-order valence-corrected chi connectivity index (χ4v) is 6.30. The van der Waals surface area contributed by atoms with Crippen molar-refractivity contribution in [2.75, 3.05) is 38.2 Å². The zero-order valence-corrected chi connectivity index (χ0v) is 17.9. The lowest BCUT2D eigenvalue weighted by atomic mass is 10.2. The van der Waals surface area contributed by atoms with Crippen LogP contribution in [0.15, 0.2) is 58.3 Å². The van der Waals surface area contributed by atoms with E-state index in [9.17, 15) is 26.4 Å². The molecule has 4 rings (SSSR count). The van der Waals surface area contributed by atoms with Crippen LogP contribution < -0.4 is 5.32 Å². The van der Waals surface area contributed by atoms with E-state index in [1.165, 1.54) is 46.8 Å². The Kier molecular flexibility index (Phi) is 5.56. The molecular formula is C19H19N3O7S2. The molecule has 1 saturated heterocycles. The second-order valence-corrected chi connectivity index (χ2v) is 10.7. The van der Waals surface area contributed by atoms with E-state index in [0.717, 1.165) is 0 Å². The fourth-order valence-electron chi connectivity index (χ4n) is 3.36. The maximum absolute atomic E-state index is 12.6. The van der Waals surface area contributed by atoms with Crippen LogP contribution in [0, 0.1) is 0 Å². The summed E-state index contributed by atoms with van der Waals surface area (Å²) in [6.45, 7) is 0.498. The van der Waals surface area contributed by atoms with Crippen LogP contribution in [0.4, 0.5) is 5.69 Å². The van der Waals surface area contributed by atoms with E-state index in [2.05, 4.69) is 5.32 Å². The first-order valence-electron chi connectivity index (χ1n) is 9.35.